The van der Waals surface area contributed by atoms with Crippen LogP contribution in [0.4, 0.5) is 0 Å². The van der Waals surface area contributed by atoms with Crippen LogP contribution in [0, 0.1) is 5.92 Å². The summed E-state index contributed by atoms with van der Waals surface area (Å²) in [4.78, 5) is 2.41. The highest BCUT2D eigenvalue weighted by atomic mass is 16.5. The van der Waals surface area contributed by atoms with Crippen LogP contribution in [0.2, 0.25) is 0 Å². The first kappa shape index (κ1) is 14.7. The lowest BCUT2D eigenvalue weighted by Crippen LogP contribution is -2.41. The second kappa shape index (κ2) is 6.24. The number of hydrogen-bond acceptors (Lipinski definition) is 4. The maximum atomic E-state index is 5.98. The summed E-state index contributed by atoms with van der Waals surface area (Å²) in [5.41, 5.74) is 7.24. The Hall–Kier alpha value is -1.26. The molecule has 21 heavy (non-hydrogen) atoms. The van der Waals surface area contributed by atoms with E-state index in [1.807, 2.05) is 6.07 Å². The summed E-state index contributed by atoms with van der Waals surface area (Å²) >= 11 is 0. The second-order valence-corrected chi connectivity index (χ2v) is 6.24. The van der Waals surface area contributed by atoms with Crippen LogP contribution in [-0.2, 0) is 0 Å². The van der Waals surface area contributed by atoms with Gasteiger partial charge in [0.15, 0.2) is 11.5 Å². The van der Waals surface area contributed by atoms with Crippen molar-refractivity contribution in [3.8, 4) is 11.5 Å². The lowest BCUT2D eigenvalue weighted by molar-refractivity contribution is 0.170. The van der Waals surface area contributed by atoms with Gasteiger partial charge in [0.1, 0.15) is 0 Å². The average molecular weight is 290 g/mol. The fourth-order valence-electron chi connectivity index (χ4n) is 3.13. The highest BCUT2D eigenvalue weighted by Crippen LogP contribution is 2.38. The Morgan fingerprint density at radius 2 is 1.95 bits per heavy atom. The molecule has 2 aliphatic rings. The maximum absolute atomic E-state index is 5.98. The van der Waals surface area contributed by atoms with E-state index in [0.717, 1.165) is 43.6 Å². The van der Waals surface area contributed by atoms with Crippen molar-refractivity contribution < 1.29 is 9.47 Å². The van der Waals surface area contributed by atoms with Crippen LogP contribution >= 0.6 is 0 Å². The molecule has 0 radical (unpaired) electrons. The molecule has 1 fully saturated rings. The van der Waals surface area contributed by atoms with Gasteiger partial charge in [0, 0.05) is 25.0 Å². The van der Waals surface area contributed by atoms with E-state index in [2.05, 4.69) is 31.0 Å². The first-order valence-electron chi connectivity index (χ1n) is 8.02. The van der Waals surface area contributed by atoms with Crippen LogP contribution in [0.5, 0.6) is 11.5 Å². The quantitative estimate of drug-likeness (QED) is 0.905. The predicted molar refractivity (Wildman–Crippen MR) is 83.8 cm³/mol. The summed E-state index contributed by atoms with van der Waals surface area (Å²) in [5, 5.41) is 0. The van der Waals surface area contributed by atoms with E-state index in [1.54, 1.807) is 0 Å². The molecule has 4 nitrogen and oxygen atoms in total. The van der Waals surface area contributed by atoms with Crippen molar-refractivity contribution in [2.75, 3.05) is 26.8 Å². The Balaban J connectivity index is 1.77. The molecular weight excluding hydrogens is 264 g/mol. The van der Waals surface area contributed by atoms with E-state index in [9.17, 15) is 0 Å². The van der Waals surface area contributed by atoms with Crippen LogP contribution in [0.25, 0.3) is 0 Å². The van der Waals surface area contributed by atoms with Crippen molar-refractivity contribution in [2.24, 2.45) is 11.7 Å². The maximum Gasteiger partial charge on any atom is 0.161 e. The highest BCUT2D eigenvalue weighted by Gasteiger charge is 2.34. The third-order valence-electron chi connectivity index (χ3n) is 4.80. The van der Waals surface area contributed by atoms with E-state index in [-0.39, 0.29) is 0 Å². The summed E-state index contributed by atoms with van der Waals surface area (Å²) in [5.74, 6) is 2.52. The third-order valence-corrected chi connectivity index (χ3v) is 4.80. The molecule has 0 spiro atoms. The number of ether oxygens (including phenoxy) is 2. The van der Waals surface area contributed by atoms with Gasteiger partial charge >= 0.3 is 0 Å². The van der Waals surface area contributed by atoms with Gasteiger partial charge < -0.3 is 15.2 Å². The third kappa shape index (κ3) is 3.16. The van der Waals surface area contributed by atoms with Crippen molar-refractivity contribution in [3.63, 3.8) is 0 Å². The SMILES string of the molecule is CC(c1ccc2c(c1)OCCCO2)N(C)C(CN)C1CC1. The molecule has 1 aromatic carbocycles. The highest BCUT2D eigenvalue weighted by molar-refractivity contribution is 5.44. The second-order valence-electron chi connectivity index (χ2n) is 6.24. The molecule has 4 heteroatoms. The van der Waals surface area contributed by atoms with Gasteiger partial charge in [0.2, 0.25) is 0 Å². The van der Waals surface area contributed by atoms with E-state index >= 15 is 0 Å². The topological polar surface area (TPSA) is 47.7 Å². The summed E-state index contributed by atoms with van der Waals surface area (Å²) < 4.78 is 11.5. The minimum atomic E-state index is 0.330. The first-order valence-corrected chi connectivity index (χ1v) is 8.02. The summed E-state index contributed by atoms with van der Waals surface area (Å²) in [6.45, 7) is 4.44. The first-order chi connectivity index (χ1) is 10.2. The van der Waals surface area contributed by atoms with Gasteiger partial charge in [0.05, 0.1) is 13.2 Å². The number of fused-ring (bicyclic) bond motifs is 1. The largest absolute Gasteiger partial charge is 0.490 e. The lowest BCUT2D eigenvalue weighted by atomic mass is 10.0. The van der Waals surface area contributed by atoms with Crippen LogP contribution in [0.1, 0.15) is 37.8 Å². The zero-order valence-corrected chi connectivity index (χ0v) is 13.0. The molecule has 2 atom stereocenters. The molecule has 2 N–H and O–H groups in total. The number of nitrogens with zero attached hydrogens (tertiary/aromatic N) is 1. The minimum absolute atomic E-state index is 0.330. The zero-order valence-electron chi connectivity index (χ0n) is 13.0. The Kier molecular flexibility index (Phi) is 4.36. The molecule has 0 saturated heterocycles. The molecule has 1 heterocycles. The van der Waals surface area contributed by atoms with Crippen LogP contribution in [0.3, 0.4) is 0 Å². The fraction of sp³-hybridized carbons (Fsp3) is 0.647. The number of likely N-dealkylation sites (N-methyl/N-ethyl adjacent to an activating group) is 1. The molecule has 2 unspecified atom stereocenters. The lowest BCUT2D eigenvalue weighted by Gasteiger charge is -2.33. The van der Waals surface area contributed by atoms with E-state index in [1.165, 1.54) is 18.4 Å². The molecular formula is C17H26N2O2. The summed E-state index contributed by atoms with van der Waals surface area (Å²) in [6.07, 6.45) is 3.58. The number of hydrogen-bond donors (Lipinski definition) is 1. The van der Waals surface area contributed by atoms with Crippen molar-refractivity contribution in [3.05, 3.63) is 23.8 Å². The molecule has 3 rings (SSSR count). The van der Waals surface area contributed by atoms with Crippen LogP contribution in [-0.4, -0.2) is 37.7 Å². The number of rotatable bonds is 5. The molecule has 116 valence electrons. The van der Waals surface area contributed by atoms with Crippen molar-refractivity contribution in [1.82, 2.24) is 4.90 Å². The Morgan fingerprint density at radius 1 is 1.24 bits per heavy atom. The van der Waals surface area contributed by atoms with E-state index < -0.39 is 0 Å². The van der Waals surface area contributed by atoms with Crippen molar-refractivity contribution in [2.45, 2.75) is 38.3 Å². The van der Waals surface area contributed by atoms with Gasteiger partial charge in [-0.25, -0.2) is 0 Å². The molecule has 0 aromatic heterocycles. The van der Waals surface area contributed by atoms with Crippen molar-refractivity contribution in [1.29, 1.82) is 0 Å². The Labute approximate surface area is 127 Å². The van der Waals surface area contributed by atoms with Gasteiger partial charge in [-0.3, -0.25) is 4.90 Å². The standard InChI is InChI=1S/C17H26N2O2/c1-12(19(2)15(11-18)13-4-5-13)14-6-7-16-17(10-14)21-9-3-8-20-16/h6-7,10,12-13,15H,3-5,8-9,11,18H2,1-2H3. The molecule has 0 bridgehead atoms. The van der Waals surface area contributed by atoms with E-state index in [4.69, 9.17) is 15.2 Å². The Morgan fingerprint density at radius 3 is 2.62 bits per heavy atom. The van der Waals surface area contributed by atoms with Gasteiger partial charge in [-0.15, -0.1) is 0 Å². The van der Waals surface area contributed by atoms with Gasteiger partial charge in [-0.2, -0.15) is 0 Å². The fourth-order valence-corrected chi connectivity index (χ4v) is 3.13. The van der Waals surface area contributed by atoms with Gasteiger partial charge in [0.25, 0.3) is 0 Å². The normalized spacial score (nSPS) is 21.0. The van der Waals surface area contributed by atoms with Crippen molar-refractivity contribution >= 4 is 0 Å². The Bertz CT molecular complexity index is 488. The van der Waals surface area contributed by atoms with Crippen LogP contribution in [0.15, 0.2) is 18.2 Å². The molecule has 0 amide bonds. The summed E-state index contributed by atoms with van der Waals surface area (Å²) in [7, 11) is 2.18. The monoisotopic (exact) mass is 290 g/mol. The zero-order chi connectivity index (χ0) is 14.8. The van der Waals surface area contributed by atoms with Gasteiger partial charge in [-0.1, -0.05) is 6.07 Å². The minimum Gasteiger partial charge on any atom is -0.490 e. The average Bonchev–Trinajstić information content (AvgIpc) is 3.33. The smallest absolute Gasteiger partial charge is 0.161 e. The molecule has 1 aliphatic heterocycles. The van der Waals surface area contributed by atoms with Crippen LogP contribution < -0.4 is 15.2 Å². The molecule has 1 aromatic rings. The summed E-state index contributed by atoms with van der Waals surface area (Å²) in [6, 6.07) is 7.12. The number of benzene rings is 1. The molecule has 1 saturated carbocycles. The predicted octanol–water partition coefficient (Wildman–Crippen LogP) is 2.58. The van der Waals surface area contributed by atoms with E-state index in [0.29, 0.717) is 12.1 Å². The molecule has 1 aliphatic carbocycles. The van der Waals surface area contributed by atoms with Gasteiger partial charge in [-0.05, 0) is 50.4 Å². The number of nitrogens with two attached hydrogens (primary N) is 1.